The minimum atomic E-state index is -1.10. The van der Waals surface area contributed by atoms with E-state index in [1.165, 1.54) is 6.07 Å². The van der Waals surface area contributed by atoms with E-state index >= 15 is 0 Å². The van der Waals surface area contributed by atoms with Gasteiger partial charge in [0.15, 0.2) is 9.90 Å². The van der Waals surface area contributed by atoms with Crippen LogP contribution in [0, 0.1) is 0 Å². The Bertz CT molecular complexity index is 1390. The number of hydrogen-bond acceptors (Lipinski definition) is 6. The third-order valence-electron chi connectivity index (χ3n) is 4.65. The average Bonchev–Trinajstić information content (AvgIpc) is 3.35. The van der Waals surface area contributed by atoms with Crippen LogP contribution in [0.4, 0.5) is 5.69 Å². The Morgan fingerprint density at radius 1 is 1.17 bits per heavy atom. The van der Waals surface area contributed by atoms with Crippen molar-refractivity contribution >= 4 is 73.9 Å². The van der Waals surface area contributed by atoms with Gasteiger partial charge in [-0.05, 0) is 36.5 Å². The first-order chi connectivity index (χ1) is 14.5. The minimum absolute atomic E-state index is 0.0442. The maximum atomic E-state index is 12.9. The van der Waals surface area contributed by atoms with E-state index in [0.717, 1.165) is 38.8 Å². The van der Waals surface area contributed by atoms with Gasteiger partial charge in [0.2, 0.25) is 0 Å². The van der Waals surface area contributed by atoms with Crippen molar-refractivity contribution in [2.45, 2.75) is 0 Å². The van der Waals surface area contributed by atoms with Gasteiger partial charge in [0, 0.05) is 23.0 Å². The molecule has 1 aliphatic heterocycles. The van der Waals surface area contributed by atoms with Crippen LogP contribution in [-0.2, 0) is 4.79 Å². The van der Waals surface area contributed by atoms with Crippen molar-refractivity contribution in [3.63, 3.8) is 0 Å². The SMILES string of the molecule is O=C(O)c1ccccc1NN1C(=O)C(=Cc2cc3[nH]c4ccccc4c3o2)SC1=S. The molecular formula is C21H13N3O4S2. The van der Waals surface area contributed by atoms with E-state index in [9.17, 15) is 14.7 Å². The maximum absolute atomic E-state index is 12.9. The van der Waals surface area contributed by atoms with Crippen LogP contribution in [0.15, 0.2) is 63.9 Å². The lowest BCUT2D eigenvalue weighted by Gasteiger charge is -2.18. The molecule has 0 bridgehead atoms. The first-order valence-electron chi connectivity index (χ1n) is 8.88. The summed E-state index contributed by atoms with van der Waals surface area (Å²) < 4.78 is 6.21. The number of H-pyrrole nitrogens is 1. The number of aromatic nitrogens is 1. The summed E-state index contributed by atoms with van der Waals surface area (Å²) in [6.45, 7) is 0. The topological polar surface area (TPSA) is 98.6 Å². The summed E-state index contributed by atoms with van der Waals surface area (Å²) in [5.41, 5.74) is 5.68. The van der Waals surface area contributed by atoms with Gasteiger partial charge in [-0.1, -0.05) is 36.0 Å². The molecule has 2 aromatic heterocycles. The molecule has 4 aromatic rings. The van der Waals surface area contributed by atoms with E-state index in [4.69, 9.17) is 16.6 Å². The van der Waals surface area contributed by atoms with Crippen molar-refractivity contribution in [2.24, 2.45) is 0 Å². The zero-order chi connectivity index (χ0) is 20.8. The van der Waals surface area contributed by atoms with E-state index in [2.05, 4.69) is 10.4 Å². The summed E-state index contributed by atoms with van der Waals surface area (Å²) in [4.78, 5) is 27.9. The van der Waals surface area contributed by atoms with Crippen LogP contribution in [0.25, 0.3) is 28.1 Å². The minimum Gasteiger partial charge on any atom is -0.478 e. The number of carbonyl (C=O) groups is 2. The molecule has 9 heteroatoms. The second-order valence-electron chi connectivity index (χ2n) is 6.54. The summed E-state index contributed by atoms with van der Waals surface area (Å²) in [7, 11) is 0. The van der Waals surface area contributed by atoms with Gasteiger partial charge < -0.3 is 14.5 Å². The molecule has 0 spiro atoms. The number of nitrogens with zero attached hydrogens (tertiary/aromatic N) is 1. The molecular weight excluding hydrogens is 422 g/mol. The molecule has 1 amide bonds. The fourth-order valence-corrected chi connectivity index (χ4v) is 4.45. The van der Waals surface area contributed by atoms with Gasteiger partial charge in [-0.15, -0.1) is 0 Å². The number of carboxylic acid groups (broad SMARTS) is 1. The maximum Gasteiger partial charge on any atom is 0.337 e. The summed E-state index contributed by atoms with van der Waals surface area (Å²) in [6, 6.07) is 16.0. The zero-order valence-electron chi connectivity index (χ0n) is 15.2. The third kappa shape index (κ3) is 3.04. The number of thiocarbonyl (C=S) groups is 1. The van der Waals surface area contributed by atoms with Crippen LogP contribution >= 0.6 is 24.0 Å². The monoisotopic (exact) mass is 435 g/mol. The van der Waals surface area contributed by atoms with Gasteiger partial charge in [0.25, 0.3) is 5.91 Å². The number of fused-ring (bicyclic) bond motifs is 3. The first kappa shape index (κ1) is 18.5. The van der Waals surface area contributed by atoms with Crippen LogP contribution < -0.4 is 5.43 Å². The highest BCUT2D eigenvalue weighted by Gasteiger charge is 2.33. The second kappa shape index (κ2) is 7.05. The van der Waals surface area contributed by atoms with Crippen molar-refractivity contribution in [1.29, 1.82) is 0 Å². The first-order valence-corrected chi connectivity index (χ1v) is 10.1. The zero-order valence-corrected chi connectivity index (χ0v) is 16.8. The number of aromatic amines is 1. The van der Waals surface area contributed by atoms with Crippen molar-refractivity contribution in [3.8, 4) is 0 Å². The molecule has 2 aromatic carbocycles. The predicted molar refractivity (Wildman–Crippen MR) is 120 cm³/mol. The second-order valence-corrected chi connectivity index (χ2v) is 8.22. The molecule has 3 N–H and O–H groups in total. The summed E-state index contributed by atoms with van der Waals surface area (Å²) in [6.07, 6.45) is 1.63. The Kier molecular flexibility index (Phi) is 4.34. The third-order valence-corrected chi connectivity index (χ3v) is 5.95. The van der Waals surface area contributed by atoms with Gasteiger partial charge >= 0.3 is 5.97 Å². The van der Waals surface area contributed by atoms with Gasteiger partial charge in [-0.3, -0.25) is 10.2 Å². The van der Waals surface area contributed by atoms with E-state index in [-0.39, 0.29) is 21.5 Å². The Morgan fingerprint density at radius 2 is 1.93 bits per heavy atom. The Labute approximate surface area is 179 Å². The Hall–Kier alpha value is -3.56. The number of hydrazine groups is 1. The smallest absolute Gasteiger partial charge is 0.337 e. The summed E-state index contributed by atoms with van der Waals surface area (Å²) in [5.74, 6) is -0.958. The molecule has 0 saturated carbocycles. The molecule has 0 unspecified atom stereocenters. The van der Waals surface area contributed by atoms with Crippen LogP contribution in [0.2, 0.25) is 0 Å². The lowest BCUT2D eigenvalue weighted by Crippen LogP contribution is -2.34. The highest BCUT2D eigenvalue weighted by Crippen LogP contribution is 2.35. The number of furan rings is 1. The van der Waals surface area contributed by atoms with E-state index in [1.54, 1.807) is 24.3 Å². The van der Waals surface area contributed by atoms with Crippen LogP contribution in [0.3, 0.4) is 0 Å². The van der Waals surface area contributed by atoms with Gasteiger partial charge in [0.05, 0.1) is 21.7 Å². The highest BCUT2D eigenvalue weighted by molar-refractivity contribution is 8.26. The van der Waals surface area contributed by atoms with Gasteiger partial charge in [-0.25, -0.2) is 9.80 Å². The molecule has 1 saturated heterocycles. The summed E-state index contributed by atoms with van der Waals surface area (Å²) in [5, 5.41) is 11.5. The quantitative estimate of drug-likeness (QED) is 0.312. The van der Waals surface area contributed by atoms with Crippen LogP contribution in [0.1, 0.15) is 16.1 Å². The summed E-state index contributed by atoms with van der Waals surface area (Å²) >= 11 is 6.43. The molecule has 0 atom stereocenters. The number of aromatic carboxylic acids is 1. The largest absolute Gasteiger partial charge is 0.478 e. The van der Waals surface area contributed by atoms with E-state index < -0.39 is 5.97 Å². The average molecular weight is 435 g/mol. The van der Waals surface area contributed by atoms with E-state index in [0.29, 0.717) is 10.7 Å². The lowest BCUT2D eigenvalue weighted by atomic mass is 10.2. The van der Waals surface area contributed by atoms with Crippen LogP contribution in [0.5, 0.6) is 0 Å². The Morgan fingerprint density at radius 3 is 2.77 bits per heavy atom. The van der Waals surface area contributed by atoms with Gasteiger partial charge in [0.1, 0.15) is 5.76 Å². The van der Waals surface area contributed by atoms with Crippen molar-refractivity contribution in [3.05, 3.63) is 70.8 Å². The number of hydrogen-bond donors (Lipinski definition) is 3. The molecule has 30 heavy (non-hydrogen) atoms. The number of anilines is 1. The molecule has 7 nitrogen and oxygen atoms in total. The normalized spacial score (nSPS) is 15.6. The molecule has 3 heterocycles. The van der Waals surface area contributed by atoms with Gasteiger partial charge in [-0.2, -0.15) is 0 Å². The molecule has 0 radical (unpaired) electrons. The molecule has 148 valence electrons. The fourth-order valence-electron chi connectivity index (χ4n) is 3.29. The standard InChI is InChI=1S/C21H13N3O4S2/c25-19-17(10-11-9-16-18(28-11)12-5-1-3-7-14(12)22-16)30-21(29)24(19)23-15-8-4-2-6-13(15)20(26)27/h1-10,22-23H,(H,26,27). The molecule has 1 fully saturated rings. The number of rotatable bonds is 4. The number of carboxylic acids is 1. The molecule has 0 aliphatic carbocycles. The number of carbonyl (C=O) groups excluding carboxylic acids is 1. The van der Waals surface area contributed by atoms with Crippen LogP contribution in [-0.4, -0.2) is 31.3 Å². The molecule has 1 aliphatic rings. The van der Waals surface area contributed by atoms with Crippen molar-refractivity contribution in [2.75, 3.05) is 5.43 Å². The van der Waals surface area contributed by atoms with E-state index in [1.807, 2.05) is 30.3 Å². The number of benzene rings is 2. The number of para-hydroxylation sites is 2. The highest BCUT2D eigenvalue weighted by atomic mass is 32.2. The lowest BCUT2D eigenvalue weighted by molar-refractivity contribution is -0.121. The Balaban J connectivity index is 1.45. The predicted octanol–water partition coefficient (Wildman–Crippen LogP) is 4.84. The fraction of sp³-hybridized carbons (Fsp3) is 0. The number of thioether (sulfide) groups is 1. The molecule has 5 rings (SSSR count). The number of amides is 1. The van der Waals surface area contributed by atoms with Crippen molar-refractivity contribution < 1.29 is 19.1 Å². The number of nitrogens with one attached hydrogen (secondary N) is 2. The van der Waals surface area contributed by atoms with Crippen molar-refractivity contribution in [1.82, 2.24) is 9.99 Å².